The van der Waals surface area contributed by atoms with Crippen LogP contribution in [-0.4, -0.2) is 24.2 Å². The van der Waals surface area contributed by atoms with E-state index in [1.807, 2.05) is 19.1 Å². The van der Waals surface area contributed by atoms with Crippen molar-refractivity contribution in [2.75, 3.05) is 13.2 Å². The van der Waals surface area contributed by atoms with E-state index in [1.165, 1.54) is 10.9 Å². The summed E-state index contributed by atoms with van der Waals surface area (Å²) in [6.07, 6.45) is 1.61. The largest absolute Gasteiger partial charge is 0.465 e. The number of aromatic amines is 1. The molecule has 0 aliphatic carbocycles. The second-order valence-electron chi connectivity index (χ2n) is 5.74. The average Bonchev–Trinajstić information content (AvgIpc) is 3.04. The van der Waals surface area contributed by atoms with Gasteiger partial charge in [-0.1, -0.05) is 18.2 Å². The lowest BCUT2D eigenvalue weighted by Gasteiger charge is -2.37. The molecule has 4 heteroatoms. The number of cyclic esters (lactones) is 1. The number of rotatable bonds is 1. The summed E-state index contributed by atoms with van der Waals surface area (Å²) in [6, 6.07) is 8.27. The number of esters is 1. The number of carbonyl (C=O) groups excluding carboxylic acids is 1. The second kappa shape index (κ2) is 4.09. The number of hydrogen-bond donors (Lipinski definition) is 1. The molecule has 0 saturated carbocycles. The zero-order valence-electron chi connectivity index (χ0n) is 11.4. The number of H-pyrrole nitrogens is 1. The molecule has 4 rings (SSSR count). The van der Waals surface area contributed by atoms with Crippen LogP contribution in [0.1, 0.15) is 24.6 Å². The number of benzene rings is 1. The third-order valence-corrected chi connectivity index (χ3v) is 4.66. The van der Waals surface area contributed by atoms with Gasteiger partial charge in [0.25, 0.3) is 0 Å². The van der Waals surface area contributed by atoms with E-state index in [1.54, 1.807) is 0 Å². The van der Waals surface area contributed by atoms with Gasteiger partial charge in [-0.05, 0) is 31.4 Å². The number of hydrogen-bond acceptors (Lipinski definition) is 3. The van der Waals surface area contributed by atoms with E-state index in [2.05, 4.69) is 17.1 Å². The predicted octanol–water partition coefficient (Wildman–Crippen LogP) is 2.52. The van der Waals surface area contributed by atoms with Crippen LogP contribution in [0, 0.1) is 5.92 Å². The number of aromatic nitrogens is 1. The molecular weight excluding hydrogens is 254 g/mol. The van der Waals surface area contributed by atoms with Crippen molar-refractivity contribution in [1.82, 2.24) is 4.98 Å². The van der Waals surface area contributed by atoms with E-state index < -0.39 is 5.60 Å². The van der Waals surface area contributed by atoms with Crippen LogP contribution in [0.4, 0.5) is 0 Å². The van der Waals surface area contributed by atoms with Crippen molar-refractivity contribution in [1.29, 1.82) is 0 Å². The molecular formula is C16H17NO3. The van der Waals surface area contributed by atoms with Crippen LogP contribution in [0.25, 0.3) is 10.9 Å². The minimum absolute atomic E-state index is 0.140. The van der Waals surface area contributed by atoms with Gasteiger partial charge in [0.1, 0.15) is 5.60 Å². The van der Waals surface area contributed by atoms with Crippen molar-refractivity contribution >= 4 is 16.9 Å². The van der Waals surface area contributed by atoms with Crippen LogP contribution < -0.4 is 0 Å². The van der Waals surface area contributed by atoms with Gasteiger partial charge in [0.2, 0.25) is 0 Å². The Morgan fingerprint density at radius 1 is 1.30 bits per heavy atom. The molecule has 0 spiro atoms. The first-order valence-electron chi connectivity index (χ1n) is 7.11. The second-order valence-corrected chi connectivity index (χ2v) is 5.74. The van der Waals surface area contributed by atoms with E-state index in [9.17, 15) is 4.79 Å². The molecule has 0 amide bonds. The van der Waals surface area contributed by atoms with Crippen LogP contribution >= 0.6 is 0 Å². The fourth-order valence-corrected chi connectivity index (χ4v) is 3.59. The summed E-state index contributed by atoms with van der Waals surface area (Å²) < 4.78 is 11.2. The molecule has 3 heterocycles. The topological polar surface area (TPSA) is 51.3 Å². The summed E-state index contributed by atoms with van der Waals surface area (Å²) in [5.74, 6) is -0.353. The third kappa shape index (κ3) is 1.48. The molecule has 0 unspecified atom stereocenters. The molecule has 2 aliphatic rings. The van der Waals surface area contributed by atoms with Crippen LogP contribution in [0.5, 0.6) is 0 Å². The zero-order chi connectivity index (χ0) is 13.7. The van der Waals surface area contributed by atoms with Crippen LogP contribution in [0.3, 0.4) is 0 Å². The maximum absolute atomic E-state index is 12.0. The lowest BCUT2D eigenvalue weighted by atomic mass is 9.81. The van der Waals surface area contributed by atoms with E-state index in [4.69, 9.17) is 9.47 Å². The highest BCUT2D eigenvalue weighted by Gasteiger charge is 2.49. The Kier molecular flexibility index (Phi) is 2.45. The molecule has 0 bridgehead atoms. The summed E-state index contributed by atoms with van der Waals surface area (Å²) >= 11 is 0. The lowest BCUT2D eigenvalue weighted by Crippen LogP contribution is -2.41. The number of fused-ring (bicyclic) bond motifs is 3. The van der Waals surface area contributed by atoms with Gasteiger partial charge in [-0.3, -0.25) is 4.79 Å². The molecule has 1 aromatic heterocycles. The number of ether oxygens (including phenoxy) is 2. The predicted molar refractivity (Wildman–Crippen MR) is 74.4 cm³/mol. The molecule has 1 fully saturated rings. The monoisotopic (exact) mass is 271 g/mol. The van der Waals surface area contributed by atoms with Crippen molar-refractivity contribution in [3.8, 4) is 0 Å². The third-order valence-electron chi connectivity index (χ3n) is 4.66. The van der Waals surface area contributed by atoms with Crippen molar-refractivity contribution < 1.29 is 14.3 Å². The van der Waals surface area contributed by atoms with Gasteiger partial charge < -0.3 is 14.5 Å². The van der Waals surface area contributed by atoms with E-state index in [0.717, 1.165) is 24.1 Å². The highest BCUT2D eigenvalue weighted by Crippen LogP contribution is 2.44. The Morgan fingerprint density at radius 2 is 2.15 bits per heavy atom. The molecule has 1 N–H and O–H groups in total. The van der Waals surface area contributed by atoms with Gasteiger partial charge in [-0.2, -0.15) is 0 Å². The van der Waals surface area contributed by atoms with Crippen molar-refractivity contribution in [2.24, 2.45) is 5.92 Å². The first kappa shape index (κ1) is 12.0. The van der Waals surface area contributed by atoms with Crippen LogP contribution in [0.15, 0.2) is 24.3 Å². The summed E-state index contributed by atoms with van der Waals surface area (Å²) in [5, 5.41) is 1.24. The molecule has 0 radical (unpaired) electrons. The number of para-hydroxylation sites is 1. The summed E-state index contributed by atoms with van der Waals surface area (Å²) in [5.41, 5.74) is 2.85. The Bertz CT molecular complexity index is 690. The first-order valence-corrected chi connectivity index (χ1v) is 7.11. The standard InChI is InChI=1S/C16H17NO3/c1-16(12-7-8-19-15(12)18)14-11(6-9-20-16)10-4-2-3-5-13(10)17-14/h2-5,12,17H,6-9H2,1H3/t12-,16+/m0/s1. The molecule has 2 aliphatic heterocycles. The molecule has 2 aromatic rings. The maximum atomic E-state index is 12.0. The molecule has 104 valence electrons. The van der Waals surface area contributed by atoms with Gasteiger partial charge in [0, 0.05) is 10.9 Å². The van der Waals surface area contributed by atoms with Gasteiger partial charge in [0.15, 0.2) is 0 Å². The fraction of sp³-hybridized carbons (Fsp3) is 0.438. The molecule has 2 atom stereocenters. The highest BCUT2D eigenvalue weighted by atomic mass is 16.5. The normalized spacial score (nSPS) is 29.4. The minimum atomic E-state index is -0.597. The Balaban J connectivity index is 1.91. The first-order chi connectivity index (χ1) is 9.70. The smallest absolute Gasteiger partial charge is 0.312 e. The molecule has 1 aromatic carbocycles. The van der Waals surface area contributed by atoms with Crippen molar-refractivity contribution in [3.63, 3.8) is 0 Å². The SMILES string of the molecule is C[C@]1([C@H]2CCOC2=O)OCCc2c1[nH]c1ccccc21. The zero-order valence-corrected chi connectivity index (χ0v) is 11.4. The van der Waals surface area contributed by atoms with Gasteiger partial charge >= 0.3 is 5.97 Å². The Morgan fingerprint density at radius 3 is 2.95 bits per heavy atom. The van der Waals surface area contributed by atoms with Crippen LogP contribution in [-0.2, 0) is 26.3 Å². The number of carbonyl (C=O) groups is 1. The van der Waals surface area contributed by atoms with Crippen molar-refractivity contribution in [2.45, 2.75) is 25.4 Å². The maximum Gasteiger partial charge on any atom is 0.312 e. The molecule has 4 nitrogen and oxygen atoms in total. The quantitative estimate of drug-likeness (QED) is 0.811. The van der Waals surface area contributed by atoms with Crippen LogP contribution in [0.2, 0.25) is 0 Å². The number of nitrogens with one attached hydrogen (secondary N) is 1. The summed E-state index contributed by atoms with van der Waals surface area (Å²) in [4.78, 5) is 15.5. The van der Waals surface area contributed by atoms with Gasteiger partial charge in [-0.25, -0.2) is 0 Å². The van der Waals surface area contributed by atoms with Gasteiger partial charge in [-0.15, -0.1) is 0 Å². The van der Waals surface area contributed by atoms with E-state index in [-0.39, 0.29) is 11.9 Å². The van der Waals surface area contributed by atoms with E-state index >= 15 is 0 Å². The Hall–Kier alpha value is -1.81. The average molecular weight is 271 g/mol. The minimum Gasteiger partial charge on any atom is -0.465 e. The Labute approximate surface area is 117 Å². The fourth-order valence-electron chi connectivity index (χ4n) is 3.59. The highest BCUT2D eigenvalue weighted by molar-refractivity contribution is 5.86. The lowest BCUT2D eigenvalue weighted by molar-refractivity contribution is -0.154. The summed E-state index contributed by atoms with van der Waals surface area (Å²) in [6.45, 7) is 3.16. The molecule has 20 heavy (non-hydrogen) atoms. The molecule has 1 saturated heterocycles. The summed E-state index contributed by atoms with van der Waals surface area (Å²) in [7, 11) is 0. The van der Waals surface area contributed by atoms with Crippen molar-refractivity contribution in [3.05, 3.63) is 35.5 Å². The van der Waals surface area contributed by atoms with Gasteiger partial charge in [0.05, 0.1) is 24.8 Å². The van der Waals surface area contributed by atoms with E-state index in [0.29, 0.717) is 13.2 Å².